The Bertz CT molecular complexity index is 844. The van der Waals surface area contributed by atoms with Gasteiger partial charge in [0.25, 0.3) is 5.56 Å². The largest absolute Gasteiger partial charge is 0.394 e. The number of aliphatic hydroxyl groups is 2. The summed E-state index contributed by atoms with van der Waals surface area (Å²) in [5.74, 6) is -0.872. The maximum absolute atomic E-state index is 12.2. The standard InChI is InChI=1S/C15H21N5O5/c1-6(2)12(23)18-15-17-11-9(13(24)19-15)16-5-20(11)14-10(22)7(3)8(4-21)25-14/h5-8,10,14,21-22H,4H2,1-3H3,(H2,17,18,19,23,24)/t7-,8-,10+,14-/m1/s1. The van der Waals surface area contributed by atoms with Gasteiger partial charge in [-0.05, 0) is 0 Å². The van der Waals surface area contributed by atoms with Crippen LogP contribution in [0.25, 0.3) is 11.2 Å². The van der Waals surface area contributed by atoms with E-state index in [4.69, 9.17) is 4.74 Å². The van der Waals surface area contributed by atoms with Gasteiger partial charge >= 0.3 is 0 Å². The molecule has 4 atom stereocenters. The average molecular weight is 351 g/mol. The third-order valence-electron chi connectivity index (χ3n) is 4.38. The van der Waals surface area contributed by atoms with Gasteiger partial charge < -0.3 is 14.9 Å². The minimum Gasteiger partial charge on any atom is -0.394 e. The molecule has 2 aromatic rings. The van der Waals surface area contributed by atoms with Crippen LogP contribution in [0.2, 0.25) is 0 Å². The van der Waals surface area contributed by atoms with Crippen molar-refractivity contribution >= 4 is 23.0 Å². The number of carbonyl (C=O) groups excluding carboxylic acids is 1. The van der Waals surface area contributed by atoms with Crippen LogP contribution >= 0.6 is 0 Å². The molecule has 0 aliphatic carbocycles. The number of aliphatic hydroxyl groups excluding tert-OH is 2. The molecule has 3 rings (SSSR count). The van der Waals surface area contributed by atoms with Crippen LogP contribution in [0.1, 0.15) is 27.0 Å². The molecular weight excluding hydrogens is 330 g/mol. The van der Waals surface area contributed by atoms with Crippen molar-refractivity contribution < 1.29 is 19.7 Å². The molecule has 0 bridgehead atoms. The van der Waals surface area contributed by atoms with Crippen LogP contribution in [0.3, 0.4) is 0 Å². The Morgan fingerprint density at radius 3 is 2.84 bits per heavy atom. The number of ether oxygens (including phenoxy) is 1. The van der Waals surface area contributed by atoms with Crippen molar-refractivity contribution in [1.29, 1.82) is 0 Å². The number of H-pyrrole nitrogens is 1. The number of rotatable bonds is 4. The van der Waals surface area contributed by atoms with Crippen molar-refractivity contribution in [2.75, 3.05) is 11.9 Å². The molecule has 0 unspecified atom stereocenters. The molecule has 4 N–H and O–H groups in total. The number of nitrogens with zero attached hydrogens (tertiary/aromatic N) is 3. The average Bonchev–Trinajstić information content (AvgIpc) is 3.10. The molecule has 136 valence electrons. The number of aromatic amines is 1. The highest BCUT2D eigenvalue weighted by molar-refractivity contribution is 5.91. The summed E-state index contributed by atoms with van der Waals surface area (Å²) in [7, 11) is 0. The first-order chi connectivity index (χ1) is 11.8. The molecule has 0 spiro atoms. The molecule has 10 heteroatoms. The van der Waals surface area contributed by atoms with E-state index in [1.54, 1.807) is 20.8 Å². The molecule has 1 amide bonds. The lowest BCUT2D eigenvalue weighted by Crippen LogP contribution is -2.26. The van der Waals surface area contributed by atoms with Gasteiger partial charge in [-0.2, -0.15) is 4.98 Å². The van der Waals surface area contributed by atoms with Crippen molar-refractivity contribution in [1.82, 2.24) is 19.5 Å². The summed E-state index contributed by atoms with van der Waals surface area (Å²) in [4.78, 5) is 34.7. The molecule has 1 aliphatic heterocycles. The Morgan fingerprint density at radius 1 is 1.52 bits per heavy atom. The first kappa shape index (κ1) is 17.5. The number of fused-ring (bicyclic) bond motifs is 1. The SMILES string of the molecule is CC(C)C(=O)Nc1nc2c(ncn2[C@@H]2O[C@H](CO)[C@@H](C)[C@@H]2O)c(=O)[nH]1. The Labute approximate surface area is 142 Å². The van der Waals surface area contributed by atoms with E-state index in [0.717, 1.165) is 0 Å². The minimum absolute atomic E-state index is 0.00260. The van der Waals surface area contributed by atoms with Crippen LogP contribution in [0, 0.1) is 11.8 Å². The van der Waals surface area contributed by atoms with Gasteiger partial charge in [-0.3, -0.25) is 24.5 Å². The second-order valence-electron chi connectivity index (χ2n) is 6.48. The zero-order valence-electron chi connectivity index (χ0n) is 14.1. The highest BCUT2D eigenvalue weighted by Gasteiger charge is 2.42. The predicted octanol–water partition coefficient (Wildman–Crippen LogP) is -0.399. The zero-order valence-corrected chi connectivity index (χ0v) is 14.1. The molecule has 3 heterocycles. The van der Waals surface area contributed by atoms with Gasteiger partial charge in [0.1, 0.15) is 6.10 Å². The highest BCUT2D eigenvalue weighted by Crippen LogP contribution is 2.34. The molecule has 1 fully saturated rings. The van der Waals surface area contributed by atoms with E-state index in [-0.39, 0.29) is 41.5 Å². The van der Waals surface area contributed by atoms with Crippen LogP contribution in [0.4, 0.5) is 5.95 Å². The third kappa shape index (κ3) is 3.03. The Morgan fingerprint density at radius 2 is 2.24 bits per heavy atom. The fraction of sp³-hybridized carbons (Fsp3) is 0.600. The van der Waals surface area contributed by atoms with Crippen molar-refractivity contribution in [2.45, 2.75) is 39.2 Å². The Balaban J connectivity index is 2.01. The summed E-state index contributed by atoms with van der Waals surface area (Å²) < 4.78 is 7.11. The second-order valence-corrected chi connectivity index (χ2v) is 6.48. The van der Waals surface area contributed by atoms with E-state index in [1.807, 2.05) is 0 Å². The number of carbonyl (C=O) groups is 1. The molecule has 2 aromatic heterocycles. The van der Waals surface area contributed by atoms with Gasteiger partial charge in [0.2, 0.25) is 11.9 Å². The quantitative estimate of drug-likeness (QED) is 0.587. The van der Waals surface area contributed by atoms with Crippen molar-refractivity contribution in [2.24, 2.45) is 11.8 Å². The van der Waals surface area contributed by atoms with Gasteiger partial charge in [-0.25, -0.2) is 4.98 Å². The number of amides is 1. The van der Waals surface area contributed by atoms with Crippen molar-refractivity contribution in [3.05, 3.63) is 16.7 Å². The number of anilines is 1. The fourth-order valence-electron chi connectivity index (χ4n) is 2.74. The second kappa shape index (κ2) is 6.54. The number of hydrogen-bond acceptors (Lipinski definition) is 7. The minimum atomic E-state index is -0.899. The lowest BCUT2D eigenvalue weighted by molar-refractivity contribution is -0.118. The number of hydrogen-bond donors (Lipinski definition) is 4. The van der Waals surface area contributed by atoms with Crippen LogP contribution in [-0.2, 0) is 9.53 Å². The Kier molecular flexibility index (Phi) is 4.58. The molecule has 0 radical (unpaired) electrons. The number of nitrogens with one attached hydrogen (secondary N) is 2. The zero-order chi connectivity index (χ0) is 18.3. The maximum atomic E-state index is 12.2. The predicted molar refractivity (Wildman–Crippen MR) is 87.8 cm³/mol. The summed E-state index contributed by atoms with van der Waals surface area (Å²) in [6.45, 7) is 4.97. The third-order valence-corrected chi connectivity index (χ3v) is 4.38. The van der Waals surface area contributed by atoms with Gasteiger partial charge in [0.05, 0.1) is 19.0 Å². The molecule has 1 aliphatic rings. The summed E-state index contributed by atoms with van der Waals surface area (Å²) in [5.41, 5.74) is -0.266. The summed E-state index contributed by atoms with van der Waals surface area (Å²) >= 11 is 0. The van der Waals surface area contributed by atoms with E-state index < -0.39 is 24.0 Å². The lowest BCUT2D eigenvalue weighted by Gasteiger charge is -2.17. The van der Waals surface area contributed by atoms with Crippen LogP contribution in [0.5, 0.6) is 0 Å². The van der Waals surface area contributed by atoms with Crippen LogP contribution in [-0.4, -0.2) is 54.5 Å². The molecule has 0 saturated carbocycles. The Hall–Kier alpha value is -2.30. The summed E-state index contributed by atoms with van der Waals surface area (Å²) in [6, 6.07) is 0. The topological polar surface area (TPSA) is 142 Å². The maximum Gasteiger partial charge on any atom is 0.280 e. The van der Waals surface area contributed by atoms with Gasteiger partial charge in [0.15, 0.2) is 17.4 Å². The summed E-state index contributed by atoms with van der Waals surface area (Å²) in [5, 5.41) is 22.3. The van der Waals surface area contributed by atoms with E-state index >= 15 is 0 Å². The fourth-order valence-corrected chi connectivity index (χ4v) is 2.74. The number of imidazole rings is 1. The lowest BCUT2D eigenvalue weighted by atomic mass is 10.0. The highest BCUT2D eigenvalue weighted by atomic mass is 16.5. The molecular formula is C15H21N5O5. The molecule has 1 saturated heterocycles. The molecule has 25 heavy (non-hydrogen) atoms. The molecule has 10 nitrogen and oxygen atoms in total. The van der Waals surface area contributed by atoms with E-state index in [2.05, 4.69) is 20.3 Å². The van der Waals surface area contributed by atoms with Crippen LogP contribution in [0.15, 0.2) is 11.1 Å². The van der Waals surface area contributed by atoms with Gasteiger partial charge in [-0.1, -0.05) is 20.8 Å². The smallest absolute Gasteiger partial charge is 0.280 e. The van der Waals surface area contributed by atoms with E-state index in [9.17, 15) is 19.8 Å². The molecule has 0 aromatic carbocycles. The van der Waals surface area contributed by atoms with E-state index in [1.165, 1.54) is 10.9 Å². The van der Waals surface area contributed by atoms with Gasteiger partial charge in [0, 0.05) is 11.8 Å². The van der Waals surface area contributed by atoms with Crippen molar-refractivity contribution in [3.8, 4) is 0 Å². The first-order valence-electron chi connectivity index (χ1n) is 8.05. The first-order valence-corrected chi connectivity index (χ1v) is 8.05. The number of aromatic nitrogens is 4. The van der Waals surface area contributed by atoms with Crippen LogP contribution < -0.4 is 10.9 Å². The van der Waals surface area contributed by atoms with E-state index in [0.29, 0.717) is 0 Å². The normalized spacial score (nSPS) is 26.5. The van der Waals surface area contributed by atoms with Gasteiger partial charge in [-0.15, -0.1) is 0 Å². The summed E-state index contributed by atoms with van der Waals surface area (Å²) in [6.07, 6.45) is -0.912. The monoisotopic (exact) mass is 351 g/mol. The van der Waals surface area contributed by atoms with Crippen molar-refractivity contribution in [3.63, 3.8) is 0 Å².